The Bertz CT molecular complexity index is 636. The van der Waals surface area contributed by atoms with Crippen LogP contribution in [0.2, 0.25) is 0 Å². The van der Waals surface area contributed by atoms with Crippen LogP contribution in [-0.4, -0.2) is 18.4 Å². The number of rotatable bonds is 5. The number of benzene rings is 1. The molecular formula is C22H33F3O3. The quantitative estimate of drug-likeness (QED) is 0.497. The summed E-state index contributed by atoms with van der Waals surface area (Å²) in [5, 5.41) is 0. The summed E-state index contributed by atoms with van der Waals surface area (Å²) in [4.78, 5) is 12.3. The Labute approximate surface area is 167 Å². The second-order valence-corrected chi connectivity index (χ2v) is 8.48. The third-order valence-electron chi connectivity index (χ3n) is 6.19. The van der Waals surface area contributed by atoms with Gasteiger partial charge in [-0.25, -0.2) is 4.79 Å². The molecule has 0 spiro atoms. The van der Waals surface area contributed by atoms with Crippen molar-refractivity contribution in [3.8, 4) is 5.75 Å². The van der Waals surface area contributed by atoms with Crippen molar-refractivity contribution in [2.75, 3.05) is 0 Å². The highest BCUT2D eigenvalue weighted by molar-refractivity contribution is 5.89. The van der Waals surface area contributed by atoms with Gasteiger partial charge in [-0.05, 0) is 74.1 Å². The fourth-order valence-corrected chi connectivity index (χ4v) is 4.53. The first-order chi connectivity index (χ1) is 13.3. The summed E-state index contributed by atoms with van der Waals surface area (Å²) in [5.74, 6) is 1.63. The first-order valence-electron chi connectivity index (χ1n) is 10.4. The van der Waals surface area contributed by atoms with Gasteiger partial charge in [0.25, 0.3) is 0 Å². The maximum atomic E-state index is 12.3. The molecule has 1 aromatic rings. The molecule has 0 N–H and O–H groups in total. The average Bonchev–Trinajstić information content (AvgIpc) is 2.64. The van der Waals surface area contributed by atoms with Gasteiger partial charge in [-0.15, -0.1) is 13.2 Å². The molecule has 6 heteroatoms. The molecule has 0 unspecified atom stereocenters. The second-order valence-electron chi connectivity index (χ2n) is 8.48. The smallest absolute Gasteiger partial charge is 0.459 e. The molecule has 0 atom stereocenters. The monoisotopic (exact) mass is 402 g/mol. The Kier molecular flexibility index (Phi) is 6.89. The van der Waals surface area contributed by atoms with Crippen LogP contribution in [0.5, 0.6) is 5.75 Å². The summed E-state index contributed by atoms with van der Waals surface area (Å²) in [6.07, 6.45) is 5.78. The van der Waals surface area contributed by atoms with E-state index in [2.05, 4.69) is 11.7 Å². The molecule has 0 radical (unpaired) electrons. The molecule has 3 rings (SSSR count). The molecule has 0 amide bonds. The largest absolute Gasteiger partial charge is 0.573 e. The predicted octanol–water partition coefficient (Wildman–Crippen LogP) is 7.01. The lowest BCUT2D eigenvalue weighted by molar-refractivity contribution is -0.274. The van der Waals surface area contributed by atoms with Crippen molar-refractivity contribution in [1.29, 1.82) is 0 Å². The van der Waals surface area contributed by atoms with E-state index in [-0.39, 0.29) is 20.3 Å². The van der Waals surface area contributed by atoms with E-state index < -0.39 is 12.3 Å². The van der Waals surface area contributed by atoms with Crippen molar-refractivity contribution in [2.24, 2.45) is 17.8 Å². The van der Waals surface area contributed by atoms with E-state index in [4.69, 9.17) is 4.74 Å². The summed E-state index contributed by atoms with van der Waals surface area (Å²) in [5.41, 5.74) is 0.243. The van der Waals surface area contributed by atoms with Crippen LogP contribution < -0.4 is 4.74 Å². The van der Waals surface area contributed by atoms with Gasteiger partial charge in [0.1, 0.15) is 11.9 Å². The van der Waals surface area contributed by atoms with Crippen molar-refractivity contribution < 1.29 is 30.3 Å². The SMILES string of the molecule is CC1CCC(CC2CCC(OC(=O)c3ccc(OC(F)(F)F)cc3)CC2)CC1.[HH].[HH]. The fraction of sp³-hybridized carbons (Fsp3) is 0.682. The van der Waals surface area contributed by atoms with Crippen molar-refractivity contribution in [3.63, 3.8) is 0 Å². The van der Waals surface area contributed by atoms with Gasteiger partial charge >= 0.3 is 12.3 Å². The van der Waals surface area contributed by atoms with E-state index in [1.807, 2.05) is 0 Å². The molecule has 0 aliphatic heterocycles. The Morgan fingerprint density at radius 2 is 1.50 bits per heavy atom. The molecule has 1 aromatic carbocycles. The number of halogens is 3. The van der Waals surface area contributed by atoms with Gasteiger partial charge < -0.3 is 9.47 Å². The Balaban J connectivity index is 0.00000225. The molecule has 2 fully saturated rings. The first-order valence-corrected chi connectivity index (χ1v) is 10.4. The number of alkyl halides is 3. The van der Waals surface area contributed by atoms with Crippen LogP contribution in [0.1, 0.15) is 77.9 Å². The Morgan fingerprint density at radius 1 is 0.964 bits per heavy atom. The summed E-state index contributed by atoms with van der Waals surface area (Å²) >= 11 is 0. The molecule has 2 saturated carbocycles. The number of hydrogen-bond acceptors (Lipinski definition) is 3. The summed E-state index contributed by atoms with van der Waals surface area (Å²) < 4.78 is 46.0. The molecule has 160 valence electrons. The summed E-state index contributed by atoms with van der Waals surface area (Å²) in [6, 6.07) is 4.87. The third-order valence-corrected chi connectivity index (χ3v) is 6.19. The van der Waals surface area contributed by atoms with Gasteiger partial charge in [0.15, 0.2) is 0 Å². The number of carbonyl (C=O) groups excluding carboxylic acids is 1. The second kappa shape index (κ2) is 9.19. The molecule has 2 aliphatic carbocycles. The highest BCUT2D eigenvalue weighted by Crippen LogP contribution is 2.37. The van der Waals surface area contributed by atoms with Gasteiger partial charge in [0.05, 0.1) is 5.56 Å². The lowest BCUT2D eigenvalue weighted by Crippen LogP contribution is -2.26. The Morgan fingerprint density at radius 3 is 2.04 bits per heavy atom. The van der Waals surface area contributed by atoms with E-state index >= 15 is 0 Å². The van der Waals surface area contributed by atoms with Gasteiger partial charge in [0.2, 0.25) is 0 Å². The van der Waals surface area contributed by atoms with E-state index in [1.54, 1.807) is 0 Å². The van der Waals surface area contributed by atoms with Gasteiger partial charge in [0, 0.05) is 2.85 Å². The van der Waals surface area contributed by atoms with Crippen molar-refractivity contribution in [2.45, 2.75) is 77.2 Å². The van der Waals surface area contributed by atoms with Gasteiger partial charge in [-0.1, -0.05) is 32.6 Å². The van der Waals surface area contributed by atoms with E-state index in [0.29, 0.717) is 0 Å². The van der Waals surface area contributed by atoms with Crippen LogP contribution >= 0.6 is 0 Å². The van der Waals surface area contributed by atoms with E-state index in [1.165, 1.54) is 44.2 Å². The third kappa shape index (κ3) is 6.42. The first kappa shape index (κ1) is 21.0. The lowest BCUT2D eigenvalue weighted by Gasteiger charge is -2.33. The van der Waals surface area contributed by atoms with E-state index in [0.717, 1.165) is 55.6 Å². The van der Waals surface area contributed by atoms with Crippen LogP contribution in [0.3, 0.4) is 0 Å². The van der Waals surface area contributed by atoms with Gasteiger partial charge in [-0.3, -0.25) is 0 Å². The number of carbonyl (C=O) groups is 1. The average molecular weight is 402 g/mol. The summed E-state index contributed by atoms with van der Waals surface area (Å²) in [7, 11) is 0. The molecule has 0 heterocycles. The highest BCUT2D eigenvalue weighted by atomic mass is 19.4. The number of hydrogen-bond donors (Lipinski definition) is 0. The zero-order chi connectivity index (χ0) is 20.1. The zero-order valence-corrected chi connectivity index (χ0v) is 16.3. The molecule has 2 aliphatic rings. The number of esters is 1. The molecule has 0 aromatic heterocycles. The van der Waals surface area contributed by atoms with Crippen LogP contribution in [0.4, 0.5) is 13.2 Å². The maximum Gasteiger partial charge on any atom is 0.573 e. The van der Waals surface area contributed by atoms with Crippen molar-refractivity contribution in [1.82, 2.24) is 0 Å². The minimum Gasteiger partial charge on any atom is -0.459 e. The normalized spacial score (nSPS) is 28.6. The molecule has 0 saturated heterocycles. The molecule has 28 heavy (non-hydrogen) atoms. The standard InChI is InChI=1S/C22H29F3O3.2H2/c1-15-2-4-16(5-3-15)14-17-6-10-19(11-7-17)27-21(26)18-8-12-20(13-9-18)28-22(23,24)25;;/h8-9,12-13,15-17,19H,2-7,10-11,14H2,1H3;2*1H. The maximum absolute atomic E-state index is 12.3. The molecule has 0 bridgehead atoms. The zero-order valence-electron chi connectivity index (χ0n) is 16.3. The predicted molar refractivity (Wildman–Crippen MR) is 104 cm³/mol. The topological polar surface area (TPSA) is 35.5 Å². The van der Waals surface area contributed by atoms with E-state index in [9.17, 15) is 18.0 Å². The minimum atomic E-state index is -4.74. The van der Waals surface area contributed by atoms with Crippen LogP contribution in [0.25, 0.3) is 0 Å². The summed E-state index contributed by atoms with van der Waals surface area (Å²) in [6.45, 7) is 2.34. The highest BCUT2D eigenvalue weighted by Gasteiger charge is 2.31. The molecular weight excluding hydrogens is 369 g/mol. The van der Waals surface area contributed by atoms with Crippen LogP contribution in [0, 0.1) is 17.8 Å². The molecule has 3 nitrogen and oxygen atoms in total. The minimum absolute atomic E-state index is 0. The van der Waals surface area contributed by atoms with Crippen molar-refractivity contribution in [3.05, 3.63) is 29.8 Å². The van der Waals surface area contributed by atoms with Crippen molar-refractivity contribution >= 4 is 5.97 Å². The van der Waals surface area contributed by atoms with Gasteiger partial charge in [-0.2, -0.15) is 0 Å². The van der Waals surface area contributed by atoms with Crippen LogP contribution in [0.15, 0.2) is 24.3 Å². The fourth-order valence-electron chi connectivity index (χ4n) is 4.53. The number of ether oxygens (including phenoxy) is 2. The Hall–Kier alpha value is -1.72. The lowest BCUT2D eigenvalue weighted by atomic mass is 9.75. The van der Waals surface area contributed by atoms with Crippen LogP contribution in [-0.2, 0) is 4.74 Å².